The lowest BCUT2D eigenvalue weighted by atomic mass is 9.99. The summed E-state index contributed by atoms with van der Waals surface area (Å²) in [5.41, 5.74) is 2.98. The van der Waals surface area contributed by atoms with E-state index in [2.05, 4.69) is 48.3 Å². The van der Waals surface area contributed by atoms with Crippen LogP contribution in [0.2, 0.25) is 0 Å². The Morgan fingerprint density at radius 1 is 1.35 bits per heavy atom. The molecule has 0 amide bonds. The van der Waals surface area contributed by atoms with Gasteiger partial charge in [0.05, 0.1) is 0 Å². The highest BCUT2D eigenvalue weighted by Gasteiger charge is 2.20. The van der Waals surface area contributed by atoms with E-state index >= 15 is 0 Å². The number of hydrogen-bond donors (Lipinski definition) is 1. The van der Waals surface area contributed by atoms with Crippen LogP contribution in [0.1, 0.15) is 32.3 Å². The Morgan fingerprint density at radius 2 is 2.18 bits per heavy atom. The normalized spacial score (nSPS) is 16.7. The van der Waals surface area contributed by atoms with Crippen molar-refractivity contribution in [2.24, 2.45) is 0 Å². The Kier molecular flexibility index (Phi) is 4.43. The minimum absolute atomic E-state index is 0.635. The zero-order valence-corrected chi connectivity index (χ0v) is 11.1. The summed E-state index contributed by atoms with van der Waals surface area (Å²) in [6, 6.07) is 9.51. The Labute approximate surface area is 105 Å². The second-order valence-corrected chi connectivity index (χ2v) is 4.92. The first-order valence-electron chi connectivity index (χ1n) is 6.88. The van der Waals surface area contributed by atoms with Gasteiger partial charge in [-0.15, -0.1) is 0 Å². The smallest absolute Gasteiger partial charge is 0.0401 e. The third-order valence-electron chi connectivity index (χ3n) is 3.67. The number of nitrogens with zero attached hydrogens (tertiary/aromatic N) is 1. The first-order chi connectivity index (χ1) is 8.33. The molecular formula is C15H24N2. The molecule has 0 fully saturated rings. The number of aryl methyl sites for hydroxylation is 1. The third kappa shape index (κ3) is 3.01. The summed E-state index contributed by atoms with van der Waals surface area (Å²) in [6.07, 6.45) is 3.76. The van der Waals surface area contributed by atoms with E-state index < -0.39 is 0 Å². The van der Waals surface area contributed by atoms with Crippen LogP contribution in [0.4, 0.5) is 5.69 Å². The van der Waals surface area contributed by atoms with Crippen LogP contribution >= 0.6 is 0 Å². The van der Waals surface area contributed by atoms with Gasteiger partial charge in [-0.2, -0.15) is 0 Å². The average molecular weight is 232 g/mol. The number of rotatable bonds is 5. The quantitative estimate of drug-likeness (QED) is 0.785. The molecule has 0 saturated heterocycles. The van der Waals surface area contributed by atoms with Gasteiger partial charge in [0.2, 0.25) is 0 Å². The monoisotopic (exact) mass is 232 g/mol. The molecule has 1 atom stereocenters. The second-order valence-electron chi connectivity index (χ2n) is 4.92. The van der Waals surface area contributed by atoms with Gasteiger partial charge >= 0.3 is 0 Å². The van der Waals surface area contributed by atoms with E-state index in [1.54, 1.807) is 0 Å². The van der Waals surface area contributed by atoms with Gasteiger partial charge in [0, 0.05) is 18.3 Å². The van der Waals surface area contributed by atoms with Gasteiger partial charge in [0.1, 0.15) is 0 Å². The number of hydrogen-bond acceptors (Lipinski definition) is 2. The molecule has 1 aromatic rings. The number of benzene rings is 1. The van der Waals surface area contributed by atoms with Crippen molar-refractivity contribution < 1.29 is 0 Å². The van der Waals surface area contributed by atoms with E-state index in [0.717, 1.165) is 13.1 Å². The summed E-state index contributed by atoms with van der Waals surface area (Å²) in [6.45, 7) is 7.92. The van der Waals surface area contributed by atoms with Crippen LogP contribution in [-0.2, 0) is 6.42 Å². The summed E-state index contributed by atoms with van der Waals surface area (Å²) >= 11 is 0. The molecular weight excluding hydrogens is 208 g/mol. The predicted octanol–water partition coefficient (Wildman–Crippen LogP) is 2.83. The maximum atomic E-state index is 3.42. The molecule has 1 aliphatic rings. The van der Waals surface area contributed by atoms with Crippen molar-refractivity contribution in [2.75, 3.05) is 24.5 Å². The average Bonchev–Trinajstić information content (AvgIpc) is 2.38. The zero-order chi connectivity index (χ0) is 12.1. The van der Waals surface area contributed by atoms with Crippen molar-refractivity contribution in [1.29, 1.82) is 0 Å². The predicted molar refractivity (Wildman–Crippen MR) is 74.7 cm³/mol. The van der Waals surface area contributed by atoms with Crippen LogP contribution in [0.3, 0.4) is 0 Å². The maximum absolute atomic E-state index is 3.42. The molecule has 1 heterocycles. The fourth-order valence-corrected chi connectivity index (χ4v) is 2.66. The highest BCUT2D eigenvalue weighted by molar-refractivity contribution is 5.56. The maximum Gasteiger partial charge on any atom is 0.0401 e. The second kappa shape index (κ2) is 6.06. The van der Waals surface area contributed by atoms with E-state index in [9.17, 15) is 0 Å². The van der Waals surface area contributed by atoms with E-state index in [1.165, 1.54) is 37.1 Å². The van der Waals surface area contributed by atoms with E-state index in [0.29, 0.717) is 6.04 Å². The van der Waals surface area contributed by atoms with Crippen LogP contribution in [-0.4, -0.2) is 25.7 Å². The molecule has 0 saturated carbocycles. The van der Waals surface area contributed by atoms with Crippen molar-refractivity contribution in [3.63, 3.8) is 0 Å². The highest BCUT2D eigenvalue weighted by atomic mass is 15.2. The molecule has 1 aliphatic heterocycles. The Hall–Kier alpha value is -1.02. The Morgan fingerprint density at radius 3 is 3.00 bits per heavy atom. The lowest BCUT2D eigenvalue weighted by Crippen LogP contribution is -2.38. The molecule has 0 aliphatic carbocycles. The van der Waals surface area contributed by atoms with E-state index in [1.807, 2.05) is 0 Å². The van der Waals surface area contributed by atoms with Gasteiger partial charge in [-0.3, -0.25) is 0 Å². The first-order valence-corrected chi connectivity index (χ1v) is 6.88. The lowest BCUT2D eigenvalue weighted by molar-refractivity contribution is 0.536. The Balaban J connectivity index is 2.02. The summed E-state index contributed by atoms with van der Waals surface area (Å²) in [5.74, 6) is 0. The molecule has 0 aromatic heterocycles. The molecule has 0 radical (unpaired) electrons. The summed E-state index contributed by atoms with van der Waals surface area (Å²) in [7, 11) is 0. The van der Waals surface area contributed by atoms with Crippen molar-refractivity contribution in [3.05, 3.63) is 29.8 Å². The summed E-state index contributed by atoms with van der Waals surface area (Å²) in [4.78, 5) is 2.58. The SMILES string of the molecule is CCNCCC(C)N1CCCc2ccccc21. The number of anilines is 1. The minimum Gasteiger partial charge on any atom is -0.369 e. The largest absolute Gasteiger partial charge is 0.369 e. The molecule has 94 valence electrons. The van der Waals surface area contributed by atoms with Gasteiger partial charge in [-0.1, -0.05) is 25.1 Å². The van der Waals surface area contributed by atoms with Gasteiger partial charge < -0.3 is 10.2 Å². The summed E-state index contributed by atoms with van der Waals surface area (Å²) in [5, 5.41) is 3.42. The first kappa shape index (κ1) is 12.4. The molecule has 0 bridgehead atoms. The van der Waals surface area contributed by atoms with Crippen molar-refractivity contribution in [2.45, 2.75) is 39.2 Å². The number of para-hydroxylation sites is 1. The van der Waals surface area contributed by atoms with Crippen molar-refractivity contribution >= 4 is 5.69 Å². The lowest BCUT2D eigenvalue weighted by Gasteiger charge is -2.36. The molecule has 17 heavy (non-hydrogen) atoms. The highest BCUT2D eigenvalue weighted by Crippen LogP contribution is 2.28. The minimum atomic E-state index is 0.635. The molecule has 2 heteroatoms. The molecule has 0 spiro atoms. The summed E-state index contributed by atoms with van der Waals surface area (Å²) < 4.78 is 0. The standard InChI is InChI=1S/C15H24N2/c1-3-16-11-10-13(2)17-12-6-8-14-7-4-5-9-15(14)17/h4-5,7,9,13,16H,3,6,8,10-12H2,1-2H3. The van der Waals surface area contributed by atoms with Crippen LogP contribution < -0.4 is 10.2 Å². The Bertz CT molecular complexity index is 349. The fourth-order valence-electron chi connectivity index (χ4n) is 2.66. The van der Waals surface area contributed by atoms with Crippen molar-refractivity contribution in [1.82, 2.24) is 5.32 Å². The van der Waals surface area contributed by atoms with Crippen LogP contribution in [0.15, 0.2) is 24.3 Å². The zero-order valence-electron chi connectivity index (χ0n) is 11.1. The number of fused-ring (bicyclic) bond motifs is 1. The van der Waals surface area contributed by atoms with E-state index in [-0.39, 0.29) is 0 Å². The fraction of sp³-hybridized carbons (Fsp3) is 0.600. The third-order valence-corrected chi connectivity index (χ3v) is 3.67. The van der Waals surface area contributed by atoms with Gasteiger partial charge in [0.15, 0.2) is 0 Å². The molecule has 2 nitrogen and oxygen atoms in total. The number of nitrogens with one attached hydrogen (secondary N) is 1. The van der Waals surface area contributed by atoms with E-state index in [4.69, 9.17) is 0 Å². The van der Waals surface area contributed by atoms with Crippen molar-refractivity contribution in [3.8, 4) is 0 Å². The molecule has 2 rings (SSSR count). The van der Waals surface area contributed by atoms with Crippen LogP contribution in [0, 0.1) is 0 Å². The van der Waals surface area contributed by atoms with Gasteiger partial charge in [-0.25, -0.2) is 0 Å². The van der Waals surface area contributed by atoms with Crippen LogP contribution in [0.25, 0.3) is 0 Å². The van der Waals surface area contributed by atoms with Gasteiger partial charge in [0.25, 0.3) is 0 Å². The molecule has 1 unspecified atom stereocenters. The molecule has 1 aromatic carbocycles. The topological polar surface area (TPSA) is 15.3 Å². The van der Waals surface area contributed by atoms with Gasteiger partial charge in [-0.05, 0) is 50.9 Å². The molecule has 1 N–H and O–H groups in total. The van der Waals surface area contributed by atoms with Crippen LogP contribution in [0.5, 0.6) is 0 Å².